The highest BCUT2D eigenvalue weighted by Crippen LogP contribution is 2.31. The highest BCUT2D eigenvalue weighted by atomic mass is 16.5. The molecule has 4 rings (SSSR count). The molecule has 0 spiro atoms. The molecule has 0 aliphatic carbocycles. The van der Waals surface area contributed by atoms with Gasteiger partial charge in [-0.1, -0.05) is 24.3 Å². The first-order valence-electron chi connectivity index (χ1n) is 11.0. The predicted molar refractivity (Wildman–Crippen MR) is 131 cm³/mol. The van der Waals surface area contributed by atoms with E-state index in [1.165, 1.54) is 0 Å². The average Bonchev–Trinajstić information content (AvgIpc) is 3.42. The quantitative estimate of drug-likeness (QED) is 0.364. The minimum Gasteiger partial charge on any atom is -0.497 e. The van der Waals surface area contributed by atoms with Crippen LogP contribution in [0.4, 0.5) is 10.5 Å². The van der Waals surface area contributed by atoms with Crippen LogP contribution in [-0.2, 0) is 13.2 Å². The summed E-state index contributed by atoms with van der Waals surface area (Å²) in [5, 5.41) is 9.85. The SMILES string of the molecule is CCN(Cc1cccc(OC)c1)C(=O)Nc1ccc(-c2cn[nH]c2)cc1OCc1cccnc1. The molecule has 0 saturated heterocycles. The Morgan fingerprint density at radius 1 is 1.06 bits per heavy atom. The maximum Gasteiger partial charge on any atom is 0.322 e. The van der Waals surface area contributed by atoms with Crippen molar-refractivity contribution in [3.05, 3.63) is 90.5 Å². The number of aromatic nitrogens is 3. The van der Waals surface area contributed by atoms with Gasteiger partial charge in [0.2, 0.25) is 0 Å². The first-order valence-corrected chi connectivity index (χ1v) is 11.0. The van der Waals surface area contributed by atoms with E-state index in [-0.39, 0.29) is 6.03 Å². The van der Waals surface area contributed by atoms with Gasteiger partial charge in [0.15, 0.2) is 0 Å². The van der Waals surface area contributed by atoms with Crippen LogP contribution in [0.3, 0.4) is 0 Å². The number of H-pyrrole nitrogens is 1. The minimum absolute atomic E-state index is 0.215. The van der Waals surface area contributed by atoms with E-state index in [0.717, 1.165) is 28.0 Å². The molecular weight excluding hydrogens is 430 g/mol. The number of hydrogen-bond acceptors (Lipinski definition) is 5. The maximum absolute atomic E-state index is 13.1. The van der Waals surface area contributed by atoms with Crippen LogP contribution in [0, 0.1) is 0 Å². The van der Waals surface area contributed by atoms with E-state index in [1.54, 1.807) is 30.6 Å². The molecule has 2 N–H and O–H groups in total. The van der Waals surface area contributed by atoms with E-state index < -0.39 is 0 Å². The second-order valence-corrected chi connectivity index (χ2v) is 7.64. The highest BCUT2D eigenvalue weighted by Gasteiger charge is 2.16. The number of methoxy groups -OCH3 is 1. The van der Waals surface area contributed by atoms with Crippen LogP contribution < -0.4 is 14.8 Å². The number of carbonyl (C=O) groups is 1. The number of urea groups is 1. The Labute approximate surface area is 198 Å². The monoisotopic (exact) mass is 457 g/mol. The summed E-state index contributed by atoms with van der Waals surface area (Å²) < 4.78 is 11.4. The van der Waals surface area contributed by atoms with Gasteiger partial charge in [0, 0.05) is 42.8 Å². The number of aromatic amines is 1. The van der Waals surface area contributed by atoms with Crippen molar-refractivity contribution >= 4 is 11.7 Å². The Hall–Kier alpha value is -4.33. The van der Waals surface area contributed by atoms with Crippen molar-refractivity contribution in [1.82, 2.24) is 20.1 Å². The number of anilines is 1. The second kappa shape index (κ2) is 11.0. The standard InChI is InChI=1S/C26H27N5O3/c1-3-31(17-19-6-4-8-23(12-19)33-2)26(32)30-24-10-9-21(22-15-28-29-16-22)13-25(24)34-18-20-7-5-11-27-14-20/h4-16H,3,17-18H2,1-2H3,(H,28,29)(H,30,32). The van der Waals surface area contributed by atoms with Crippen molar-refractivity contribution in [2.75, 3.05) is 19.0 Å². The van der Waals surface area contributed by atoms with Gasteiger partial charge in [-0.2, -0.15) is 5.10 Å². The van der Waals surface area contributed by atoms with Crippen LogP contribution in [0.15, 0.2) is 79.4 Å². The second-order valence-electron chi connectivity index (χ2n) is 7.64. The molecule has 0 bridgehead atoms. The van der Waals surface area contributed by atoms with Crippen LogP contribution in [0.2, 0.25) is 0 Å². The van der Waals surface area contributed by atoms with Crippen molar-refractivity contribution < 1.29 is 14.3 Å². The lowest BCUT2D eigenvalue weighted by Gasteiger charge is -2.23. The molecule has 174 valence electrons. The lowest BCUT2D eigenvalue weighted by molar-refractivity contribution is 0.212. The number of ether oxygens (including phenoxy) is 2. The van der Waals surface area contributed by atoms with E-state index in [0.29, 0.717) is 31.1 Å². The van der Waals surface area contributed by atoms with E-state index in [1.807, 2.05) is 67.7 Å². The molecular formula is C26H27N5O3. The molecule has 2 aromatic heterocycles. The number of rotatable bonds is 9. The van der Waals surface area contributed by atoms with Crippen molar-refractivity contribution in [2.24, 2.45) is 0 Å². The molecule has 0 saturated carbocycles. The van der Waals surface area contributed by atoms with Gasteiger partial charge in [0.05, 0.1) is 19.0 Å². The normalized spacial score (nSPS) is 10.5. The molecule has 8 nitrogen and oxygen atoms in total. The van der Waals surface area contributed by atoms with Gasteiger partial charge in [-0.05, 0) is 48.4 Å². The van der Waals surface area contributed by atoms with Gasteiger partial charge in [-0.25, -0.2) is 4.79 Å². The number of pyridine rings is 1. The van der Waals surface area contributed by atoms with E-state index in [4.69, 9.17) is 9.47 Å². The summed E-state index contributed by atoms with van der Waals surface area (Å²) in [5.41, 5.74) is 4.36. The summed E-state index contributed by atoms with van der Waals surface area (Å²) in [7, 11) is 1.63. The number of amides is 2. The summed E-state index contributed by atoms with van der Waals surface area (Å²) in [4.78, 5) is 19.0. The zero-order valence-corrected chi connectivity index (χ0v) is 19.2. The Morgan fingerprint density at radius 3 is 2.68 bits per heavy atom. The Bertz CT molecular complexity index is 1210. The van der Waals surface area contributed by atoms with Crippen LogP contribution in [0.1, 0.15) is 18.1 Å². The summed E-state index contributed by atoms with van der Waals surface area (Å²) in [6, 6.07) is 17.0. The van der Waals surface area contributed by atoms with Gasteiger partial charge in [-0.3, -0.25) is 10.1 Å². The van der Waals surface area contributed by atoms with Crippen molar-refractivity contribution in [2.45, 2.75) is 20.1 Å². The van der Waals surface area contributed by atoms with Crippen molar-refractivity contribution in [1.29, 1.82) is 0 Å². The van der Waals surface area contributed by atoms with E-state index in [2.05, 4.69) is 20.5 Å². The van der Waals surface area contributed by atoms with Crippen LogP contribution in [0.25, 0.3) is 11.1 Å². The molecule has 8 heteroatoms. The third kappa shape index (κ3) is 5.72. The third-order valence-electron chi connectivity index (χ3n) is 5.35. The third-order valence-corrected chi connectivity index (χ3v) is 5.35. The fraction of sp³-hybridized carbons (Fsp3) is 0.192. The van der Waals surface area contributed by atoms with E-state index >= 15 is 0 Å². The number of nitrogens with zero attached hydrogens (tertiary/aromatic N) is 3. The molecule has 2 amide bonds. The van der Waals surface area contributed by atoms with Gasteiger partial charge < -0.3 is 19.7 Å². The first kappa shape index (κ1) is 22.8. The zero-order valence-electron chi connectivity index (χ0n) is 19.2. The summed E-state index contributed by atoms with van der Waals surface area (Å²) in [6.45, 7) is 3.27. The lowest BCUT2D eigenvalue weighted by Crippen LogP contribution is -2.34. The molecule has 2 heterocycles. The fourth-order valence-electron chi connectivity index (χ4n) is 3.49. The Morgan fingerprint density at radius 2 is 1.94 bits per heavy atom. The molecule has 0 aliphatic rings. The van der Waals surface area contributed by atoms with Crippen LogP contribution >= 0.6 is 0 Å². The maximum atomic E-state index is 13.1. The van der Waals surface area contributed by atoms with Crippen LogP contribution in [-0.4, -0.2) is 39.8 Å². The van der Waals surface area contributed by atoms with E-state index in [9.17, 15) is 4.79 Å². The fourth-order valence-corrected chi connectivity index (χ4v) is 3.49. The van der Waals surface area contributed by atoms with Gasteiger partial charge >= 0.3 is 6.03 Å². The molecule has 0 unspecified atom stereocenters. The highest BCUT2D eigenvalue weighted by molar-refractivity contribution is 5.91. The average molecular weight is 458 g/mol. The number of benzene rings is 2. The van der Waals surface area contributed by atoms with Crippen molar-refractivity contribution in [3.63, 3.8) is 0 Å². The van der Waals surface area contributed by atoms with Gasteiger partial charge in [0.25, 0.3) is 0 Å². The zero-order chi connectivity index (χ0) is 23.8. The molecule has 2 aromatic carbocycles. The molecule has 0 radical (unpaired) electrons. The predicted octanol–water partition coefficient (Wildman–Crippen LogP) is 5.11. The molecule has 4 aromatic rings. The molecule has 0 aliphatic heterocycles. The summed E-state index contributed by atoms with van der Waals surface area (Å²) in [6.07, 6.45) is 7.03. The van der Waals surface area contributed by atoms with Crippen molar-refractivity contribution in [3.8, 4) is 22.6 Å². The first-order chi connectivity index (χ1) is 16.7. The largest absolute Gasteiger partial charge is 0.497 e. The number of nitrogens with one attached hydrogen (secondary N) is 2. The van der Waals surface area contributed by atoms with Gasteiger partial charge in [0.1, 0.15) is 18.1 Å². The molecule has 34 heavy (non-hydrogen) atoms. The van der Waals surface area contributed by atoms with Crippen LogP contribution in [0.5, 0.6) is 11.5 Å². The molecule has 0 fully saturated rings. The lowest BCUT2D eigenvalue weighted by atomic mass is 10.1. The topological polar surface area (TPSA) is 92.4 Å². The smallest absolute Gasteiger partial charge is 0.322 e. The molecule has 0 atom stereocenters. The number of hydrogen-bond donors (Lipinski definition) is 2. The number of carbonyl (C=O) groups excluding carboxylic acids is 1. The Kier molecular flexibility index (Phi) is 7.39. The van der Waals surface area contributed by atoms with Gasteiger partial charge in [-0.15, -0.1) is 0 Å². The Balaban J connectivity index is 1.54. The minimum atomic E-state index is -0.215. The summed E-state index contributed by atoms with van der Waals surface area (Å²) in [5.74, 6) is 1.32. The summed E-state index contributed by atoms with van der Waals surface area (Å²) >= 11 is 0.